The van der Waals surface area contributed by atoms with Crippen LogP contribution in [0.1, 0.15) is 37.1 Å². The first kappa shape index (κ1) is 17.6. The second-order valence-electron chi connectivity index (χ2n) is 7.00. The summed E-state index contributed by atoms with van der Waals surface area (Å²) in [4.78, 5) is 20.1. The Hall–Kier alpha value is -2.77. The minimum atomic E-state index is -0.576. The summed E-state index contributed by atoms with van der Waals surface area (Å²) in [6, 6.07) is 3.42. The molecule has 1 saturated heterocycles. The standard InChI is InChI=1S/C19H23FN6O/c1-14-17(22-23-26(14)16-6-5-9-21-18(16)20)15-7-12-25(13-8-15)19(27)24-10-3-2-4-11-24/h5-7,9H,2-4,8,10-13H2,1H3. The van der Waals surface area contributed by atoms with Crippen LogP contribution in [0.25, 0.3) is 11.3 Å². The van der Waals surface area contributed by atoms with Gasteiger partial charge in [0.15, 0.2) is 0 Å². The Bertz CT molecular complexity index is 871. The van der Waals surface area contributed by atoms with Crippen molar-refractivity contribution in [3.8, 4) is 5.69 Å². The Morgan fingerprint density at radius 1 is 1.15 bits per heavy atom. The number of rotatable bonds is 2. The third-order valence-corrected chi connectivity index (χ3v) is 5.27. The number of carbonyl (C=O) groups is 1. The first-order chi connectivity index (χ1) is 13.1. The van der Waals surface area contributed by atoms with Crippen molar-refractivity contribution in [3.05, 3.63) is 41.7 Å². The van der Waals surface area contributed by atoms with Crippen LogP contribution in [0.4, 0.5) is 9.18 Å². The smallest absolute Gasteiger partial charge is 0.320 e. The third-order valence-electron chi connectivity index (χ3n) is 5.27. The second kappa shape index (κ2) is 7.46. The van der Waals surface area contributed by atoms with Gasteiger partial charge in [0.25, 0.3) is 0 Å². The molecule has 4 heterocycles. The van der Waals surface area contributed by atoms with Gasteiger partial charge in [-0.05, 0) is 50.3 Å². The summed E-state index contributed by atoms with van der Waals surface area (Å²) in [5, 5.41) is 8.36. The van der Waals surface area contributed by atoms with Crippen LogP contribution in [0, 0.1) is 12.9 Å². The van der Waals surface area contributed by atoms with Gasteiger partial charge in [-0.2, -0.15) is 4.39 Å². The van der Waals surface area contributed by atoms with Crippen molar-refractivity contribution in [2.45, 2.75) is 32.6 Å². The molecule has 2 amide bonds. The number of nitrogens with zero attached hydrogens (tertiary/aromatic N) is 6. The van der Waals surface area contributed by atoms with E-state index < -0.39 is 5.95 Å². The zero-order valence-corrected chi connectivity index (χ0v) is 15.4. The summed E-state index contributed by atoms with van der Waals surface area (Å²) in [5.74, 6) is -0.576. The molecular formula is C19H23FN6O. The molecule has 7 nitrogen and oxygen atoms in total. The van der Waals surface area contributed by atoms with Crippen LogP contribution in [0.15, 0.2) is 24.4 Å². The molecule has 142 valence electrons. The maximum Gasteiger partial charge on any atom is 0.320 e. The van der Waals surface area contributed by atoms with E-state index in [1.807, 2.05) is 22.8 Å². The fourth-order valence-corrected chi connectivity index (χ4v) is 3.73. The van der Waals surface area contributed by atoms with Crippen LogP contribution >= 0.6 is 0 Å². The Kier molecular flexibility index (Phi) is 4.87. The van der Waals surface area contributed by atoms with Gasteiger partial charge in [-0.15, -0.1) is 5.10 Å². The monoisotopic (exact) mass is 370 g/mol. The summed E-state index contributed by atoms with van der Waals surface area (Å²) in [6.45, 7) is 4.81. The molecule has 0 N–H and O–H groups in total. The first-order valence-electron chi connectivity index (χ1n) is 9.41. The zero-order chi connectivity index (χ0) is 18.8. The highest BCUT2D eigenvalue weighted by Gasteiger charge is 2.26. The number of aromatic nitrogens is 4. The van der Waals surface area contributed by atoms with E-state index >= 15 is 0 Å². The van der Waals surface area contributed by atoms with E-state index in [1.54, 1.807) is 12.1 Å². The van der Waals surface area contributed by atoms with Gasteiger partial charge in [0, 0.05) is 32.4 Å². The maximum absolute atomic E-state index is 14.0. The fraction of sp³-hybridized carbons (Fsp3) is 0.474. The topological polar surface area (TPSA) is 67.2 Å². The fourth-order valence-electron chi connectivity index (χ4n) is 3.73. The van der Waals surface area contributed by atoms with Gasteiger partial charge in [-0.25, -0.2) is 14.5 Å². The summed E-state index contributed by atoms with van der Waals surface area (Å²) in [7, 11) is 0. The summed E-state index contributed by atoms with van der Waals surface area (Å²) in [6.07, 6.45) is 7.55. The van der Waals surface area contributed by atoms with Crippen LogP contribution in [0.3, 0.4) is 0 Å². The number of urea groups is 1. The highest BCUT2D eigenvalue weighted by molar-refractivity contribution is 5.76. The van der Waals surface area contributed by atoms with Crippen LogP contribution < -0.4 is 0 Å². The number of carbonyl (C=O) groups excluding carboxylic acids is 1. The summed E-state index contributed by atoms with van der Waals surface area (Å²) < 4.78 is 15.4. The Labute approximate surface area is 157 Å². The Balaban J connectivity index is 1.50. The lowest BCUT2D eigenvalue weighted by Crippen LogP contribution is -2.46. The number of hydrogen-bond acceptors (Lipinski definition) is 4. The average molecular weight is 370 g/mol. The van der Waals surface area contributed by atoms with E-state index in [1.165, 1.54) is 17.3 Å². The molecule has 0 atom stereocenters. The van der Waals surface area contributed by atoms with Gasteiger partial charge in [0.05, 0.1) is 5.69 Å². The van der Waals surface area contributed by atoms with E-state index in [0.717, 1.165) is 42.9 Å². The van der Waals surface area contributed by atoms with Crippen molar-refractivity contribution in [1.82, 2.24) is 29.8 Å². The van der Waals surface area contributed by atoms with E-state index in [0.29, 0.717) is 19.5 Å². The molecule has 0 unspecified atom stereocenters. The average Bonchev–Trinajstić information content (AvgIpc) is 3.10. The third kappa shape index (κ3) is 3.43. The van der Waals surface area contributed by atoms with Crippen molar-refractivity contribution in [1.29, 1.82) is 0 Å². The molecule has 0 radical (unpaired) electrons. The molecule has 2 aromatic rings. The highest BCUT2D eigenvalue weighted by atomic mass is 19.1. The normalized spacial score (nSPS) is 17.8. The molecule has 8 heteroatoms. The Morgan fingerprint density at radius 2 is 1.96 bits per heavy atom. The molecule has 0 spiro atoms. The number of pyridine rings is 1. The molecule has 1 fully saturated rings. The number of amides is 2. The maximum atomic E-state index is 14.0. The molecule has 0 bridgehead atoms. The number of halogens is 1. The molecule has 27 heavy (non-hydrogen) atoms. The van der Waals surface area contributed by atoms with Crippen molar-refractivity contribution < 1.29 is 9.18 Å². The molecular weight excluding hydrogens is 347 g/mol. The van der Waals surface area contributed by atoms with Crippen LogP contribution in [0.2, 0.25) is 0 Å². The molecule has 0 aromatic carbocycles. The van der Waals surface area contributed by atoms with Crippen molar-refractivity contribution >= 4 is 11.6 Å². The van der Waals surface area contributed by atoms with Gasteiger partial charge >= 0.3 is 6.03 Å². The summed E-state index contributed by atoms with van der Waals surface area (Å²) >= 11 is 0. The second-order valence-corrected chi connectivity index (χ2v) is 7.00. The lowest BCUT2D eigenvalue weighted by molar-refractivity contribution is 0.147. The number of piperidine rings is 1. The molecule has 0 saturated carbocycles. The molecule has 2 aliphatic rings. The predicted octanol–water partition coefficient (Wildman–Crippen LogP) is 2.80. The van der Waals surface area contributed by atoms with Crippen molar-refractivity contribution in [2.24, 2.45) is 0 Å². The minimum absolute atomic E-state index is 0.128. The van der Waals surface area contributed by atoms with E-state index in [9.17, 15) is 9.18 Å². The van der Waals surface area contributed by atoms with Gasteiger partial charge in [-0.3, -0.25) is 0 Å². The van der Waals surface area contributed by atoms with Gasteiger partial charge < -0.3 is 9.80 Å². The van der Waals surface area contributed by atoms with Crippen molar-refractivity contribution in [3.63, 3.8) is 0 Å². The minimum Gasteiger partial charge on any atom is -0.325 e. The predicted molar refractivity (Wildman–Crippen MR) is 98.8 cm³/mol. The molecule has 4 rings (SSSR count). The SMILES string of the molecule is Cc1c(C2=CCN(C(=O)N3CCCCC3)CC2)nnn1-c1cccnc1F. The van der Waals surface area contributed by atoms with E-state index in [4.69, 9.17) is 0 Å². The summed E-state index contributed by atoms with van der Waals surface area (Å²) in [5.41, 5.74) is 2.85. The molecule has 2 aliphatic heterocycles. The number of likely N-dealkylation sites (tertiary alicyclic amines) is 1. The Morgan fingerprint density at radius 3 is 2.67 bits per heavy atom. The van der Waals surface area contributed by atoms with Crippen LogP contribution in [-0.2, 0) is 0 Å². The quantitative estimate of drug-likeness (QED) is 0.763. The van der Waals surface area contributed by atoms with Crippen LogP contribution in [0.5, 0.6) is 0 Å². The first-order valence-corrected chi connectivity index (χ1v) is 9.41. The zero-order valence-electron chi connectivity index (χ0n) is 15.4. The van der Waals surface area contributed by atoms with E-state index in [-0.39, 0.29) is 11.7 Å². The molecule has 0 aliphatic carbocycles. The van der Waals surface area contributed by atoms with E-state index in [2.05, 4.69) is 15.3 Å². The van der Waals surface area contributed by atoms with Gasteiger partial charge in [-0.1, -0.05) is 11.3 Å². The van der Waals surface area contributed by atoms with Crippen LogP contribution in [-0.4, -0.2) is 62.0 Å². The highest BCUT2D eigenvalue weighted by Crippen LogP contribution is 2.25. The number of hydrogen-bond donors (Lipinski definition) is 0. The lowest BCUT2D eigenvalue weighted by Gasteiger charge is -2.34. The van der Waals surface area contributed by atoms with Gasteiger partial charge in [0.2, 0.25) is 5.95 Å². The molecule has 2 aromatic heterocycles. The van der Waals surface area contributed by atoms with Crippen molar-refractivity contribution in [2.75, 3.05) is 26.2 Å². The lowest BCUT2D eigenvalue weighted by atomic mass is 10.0. The van der Waals surface area contributed by atoms with Gasteiger partial charge in [0.1, 0.15) is 11.4 Å². The largest absolute Gasteiger partial charge is 0.325 e.